The van der Waals surface area contributed by atoms with Gasteiger partial charge in [0.2, 0.25) is 0 Å². The molecule has 0 radical (unpaired) electrons. The Morgan fingerprint density at radius 3 is 2.94 bits per heavy atom. The zero-order valence-electron chi connectivity index (χ0n) is 9.50. The second-order valence-corrected chi connectivity index (χ2v) is 4.37. The molecule has 0 bridgehead atoms. The third-order valence-electron chi connectivity index (χ3n) is 2.26. The van der Waals surface area contributed by atoms with Crippen molar-refractivity contribution in [2.45, 2.75) is 6.54 Å². The highest BCUT2D eigenvalue weighted by molar-refractivity contribution is 9.10. The zero-order valence-corrected chi connectivity index (χ0v) is 11.1. The summed E-state index contributed by atoms with van der Waals surface area (Å²) >= 11 is 3.10. The normalized spacial score (nSPS) is 10.3. The number of nitrogens with zero attached hydrogens (tertiary/aromatic N) is 4. The van der Waals surface area contributed by atoms with E-state index in [4.69, 9.17) is 0 Å². The van der Waals surface area contributed by atoms with Crippen molar-refractivity contribution in [3.8, 4) is 0 Å². The number of hydrogen-bond donors (Lipinski definition) is 1. The number of hydrogen-bond acceptors (Lipinski definition) is 5. The van der Waals surface area contributed by atoms with Gasteiger partial charge in [-0.1, -0.05) is 6.07 Å². The monoisotopic (exact) mass is 311 g/mol. The van der Waals surface area contributed by atoms with Gasteiger partial charge < -0.3 is 15.4 Å². The van der Waals surface area contributed by atoms with Crippen LogP contribution in [0, 0.1) is 10.1 Å². The van der Waals surface area contributed by atoms with Gasteiger partial charge in [-0.15, -0.1) is 0 Å². The number of pyridine rings is 1. The van der Waals surface area contributed by atoms with Gasteiger partial charge in [-0.25, -0.2) is 4.98 Å². The maximum absolute atomic E-state index is 10.7. The molecule has 0 aliphatic heterocycles. The van der Waals surface area contributed by atoms with Crippen LogP contribution in [-0.2, 0) is 6.54 Å². The summed E-state index contributed by atoms with van der Waals surface area (Å²) in [7, 11) is 1.78. The molecular weight excluding hydrogens is 302 g/mol. The number of aromatic nitrogens is 3. The summed E-state index contributed by atoms with van der Waals surface area (Å²) in [5.74, 6) is 0.549. The maximum atomic E-state index is 10.7. The Kier molecular flexibility index (Phi) is 3.56. The molecule has 0 aliphatic carbocycles. The lowest BCUT2D eigenvalue weighted by Crippen LogP contribution is -2.04. The highest BCUT2D eigenvalue weighted by atomic mass is 79.9. The minimum Gasteiger partial charge on any atom is -0.373 e. The fraction of sp³-hybridized carbons (Fsp3) is 0.200. The van der Waals surface area contributed by atoms with Crippen LogP contribution in [0.25, 0.3) is 0 Å². The first-order valence-electron chi connectivity index (χ1n) is 5.11. The molecule has 0 saturated heterocycles. The summed E-state index contributed by atoms with van der Waals surface area (Å²) in [5, 5.41) is 17.5. The van der Waals surface area contributed by atoms with Gasteiger partial charge in [0.05, 0.1) is 17.0 Å². The average molecular weight is 312 g/mol. The van der Waals surface area contributed by atoms with E-state index >= 15 is 0 Å². The van der Waals surface area contributed by atoms with E-state index in [1.54, 1.807) is 13.2 Å². The van der Waals surface area contributed by atoms with Gasteiger partial charge in [-0.3, -0.25) is 0 Å². The molecule has 0 amide bonds. The number of rotatable bonds is 4. The molecule has 18 heavy (non-hydrogen) atoms. The highest BCUT2D eigenvalue weighted by Gasteiger charge is 2.18. The van der Waals surface area contributed by atoms with Crippen molar-refractivity contribution in [3.63, 3.8) is 0 Å². The van der Waals surface area contributed by atoms with E-state index < -0.39 is 4.92 Å². The van der Waals surface area contributed by atoms with E-state index in [2.05, 4.69) is 31.3 Å². The second kappa shape index (κ2) is 5.13. The first kappa shape index (κ1) is 12.5. The second-order valence-electron chi connectivity index (χ2n) is 3.52. The van der Waals surface area contributed by atoms with Gasteiger partial charge in [-0.05, 0) is 33.0 Å². The molecule has 2 rings (SSSR count). The van der Waals surface area contributed by atoms with Gasteiger partial charge >= 0.3 is 5.82 Å². The summed E-state index contributed by atoms with van der Waals surface area (Å²) in [6.45, 7) is 0.377. The van der Waals surface area contributed by atoms with Crippen LogP contribution in [0.5, 0.6) is 0 Å². The quantitative estimate of drug-likeness (QED) is 0.689. The summed E-state index contributed by atoms with van der Waals surface area (Å²) in [6.07, 6.45) is 1.56. The first-order chi connectivity index (χ1) is 8.60. The molecule has 7 nitrogen and oxygen atoms in total. The number of nitro groups is 1. The van der Waals surface area contributed by atoms with Crippen molar-refractivity contribution in [2.24, 2.45) is 0 Å². The molecule has 2 aromatic heterocycles. The molecule has 2 heterocycles. The molecule has 0 unspecified atom stereocenters. The topological polar surface area (TPSA) is 85.9 Å². The Bertz CT molecular complexity index is 583. The third kappa shape index (κ3) is 2.65. The highest BCUT2D eigenvalue weighted by Crippen LogP contribution is 2.22. The van der Waals surface area contributed by atoms with E-state index in [9.17, 15) is 10.1 Å². The Hall–Kier alpha value is -1.96. The van der Waals surface area contributed by atoms with Gasteiger partial charge in [0.25, 0.3) is 0 Å². The molecular formula is C10H10BrN5O2. The molecule has 94 valence electrons. The van der Waals surface area contributed by atoms with Crippen LogP contribution < -0.4 is 5.32 Å². The molecule has 0 fully saturated rings. The number of nitrogens with one attached hydrogen (secondary N) is 1. The molecule has 0 aliphatic rings. The fourth-order valence-corrected chi connectivity index (χ4v) is 1.92. The van der Waals surface area contributed by atoms with Crippen molar-refractivity contribution in [1.82, 2.24) is 14.8 Å². The van der Waals surface area contributed by atoms with Crippen molar-refractivity contribution < 1.29 is 4.92 Å². The van der Waals surface area contributed by atoms with Crippen LogP contribution in [0.2, 0.25) is 0 Å². The van der Waals surface area contributed by atoms with E-state index in [1.807, 2.05) is 18.2 Å². The average Bonchev–Trinajstić information content (AvgIpc) is 2.70. The van der Waals surface area contributed by atoms with Crippen LogP contribution >= 0.6 is 15.9 Å². The molecule has 0 aromatic carbocycles. The molecule has 1 N–H and O–H groups in total. The van der Waals surface area contributed by atoms with Crippen LogP contribution in [0.4, 0.5) is 11.6 Å². The van der Waals surface area contributed by atoms with Gasteiger partial charge in [-0.2, -0.15) is 4.68 Å². The first-order valence-corrected chi connectivity index (χ1v) is 5.90. The smallest absolute Gasteiger partial charge is 0.373 e. The Morgan fingerprint density at radius 2 is 2.33 bits per heavy atom. The summed E-state index contributed by atoms with van der Waals surface area (Å²) in [4.78, 5) is 14.4. The maximum Gasteiger partial charge on any atom is 0.404 e. The summed E-state index contributed by atoms with van der Waals surface area (Å²) in [6, 6.07) is 5.54. The Balaban J connectivity index is 2.23. The molecule has 8 heteroatoms. The minimum absolute atomic E-state index is 0.195. The Morgan fingerprint density at radius 1 is 1.56 bits per heavy atom. The van der Waals surface area contributed by atoms with Gasteiger partial charge in [0.15, 0.2) is 0 Å². The van der Waals surface area contributed by atoms with Gasteiger partial charge in [0.1, 0.15) is 16.8 Å². The third-order valence-corrected chi connectivity index (χ3v) is 2.82. The van der Waals surface area contributed by atoms with Crippen LogP contribution in [0.3, 0.4) is 0 Å². The number of anilines is 1. The standard InChI is InChI=1S/C10H10BrN5O2/c1-12-9-4-2-3-7(13-9)5-15-6-8(11)10(14-15)16(17)18/h2-4,6H,5H2,1H3,(H,12,13). The number of halogens is 1. The lowest BCUT2D eigenvalue weighted by atomic mass is 10.3. The van der Waals surface area contributed by atoms with Crippen molar-refractivity contribution in [2.75, 3.05) is 12.4 Å². The van der Waals surface area contributed by atoms with E-state index in [0.717, 1.165) is 11.5 Å². The predicted molar refractivity (Wildman–Crippen MR) is 69.5 cm³/mol. The van der Waals surface area contributed by atoms with E-state index in [1.165, 1.54) is 4.68 Å². The Labute approximate surface area is 111 Å². The van der Waals surface area contributed by atoms with Crippen molar-refractivity contribution in [3.05, 3.63) is 44.7 Å². The van der Waals surface area contributed by atoms with Crippen LogP contribution in [-0.4, -0.2) is 26.7 Å². The molecule has 0 atom stereocenters. The molecule has 0 saturated carbocycles. The predicted octanol–water partition coefficient (Wildman–Crippen LogP) is 2.04. The van der Waals surface area contributed by atoms with Crippen molar-refractivity contribution >= 4 is 27.6 Å². The zero-order chi connectivity index (χ0) is 13.1. The van der Waals surface area contributed by atoms with Gasteiger partial charge in [0, 0.05) is 7.05 Å². The van der Waals surface area contributed by atoms with Crippen LogP contribution in [0.1, 0.15) is 5.69 Å². The van der Waals surface area contributed by atoms with E-state index in [-0.39, 0.29) is 5.82 Å². The SMILES string of the molecule is CNc1cccc(Cn2cc(Br)c([N+](=O)[O-])n2)n1. The lowest BCUT2D eigenvalue weighted by molar-refractivity contribution is -0.390. The molecule has 2 aromatic rings. The lowest BCUT2D eigenvalue weighted by Gasteiger charge is -2.01. The summed E-state index contributed by atoms with van der Waals surface area (Å²) in [5.41, 5.74) is 0.770. The van der Waals surface area contributed by atoms with Crippen molar-refractivity contribution in [1.29, 1.82) is 0 Å². The van der Waals surface area contributed by atoms with E-state index in [0.29, 0.717) is 11.0 Å². The summed E-state index contributed by atoms with van der Waals surface area (Å²) < 4.78 is 1.83. The fourth-order valence-electron chi connectivity index (χ4n) is 1.46. The molecule has 0 spiro atoms. The minimum atomic E-state index is -0.530. The largest absolute Gasteiger partial charge is 0.404 e. The van der Waals surface area contributed by atoms with Crippen LogP contribution in [0.15, 0.2) is 28.9 Å².